The largest absolute Gasteiger partial charge is 0.326 e. The van der Waals surface area contributed by atoms with E-state index in [1.54, 1.807) is 0 Å². The maximum atomic E-state index is 4.88. The molecule has 1 aromatic heterocycles. The Kier molecular flexibility index (Phi) is 4.11. The minimum absolute atomic E-state index is 0.666. The summed E-state index contributed by atoms with van der Waals surface area (Å²) in [7, 11) is 0. The molecule has 132 valence electrons. The third-order valence-electron chi connectivity index (χ3n) is 5.01. The summed E-state index contributed by atoms with van der Waals surface area (Å²) in [5, 5.41) is 3.46. The van der Waals surface area contributed by atoms with E-state index in [-0.39, 0.29) is 0 Å². The number of anilines is 4. The van der Waals surface area contributed by atoms with Crippen LogP contribution in [0.25, 0.3) is 0 Å². The van der Waals surface area contributed by atoms with E-state index < -0.39 is 0 Å². The second-order valence-corrected chi connectivity index (χ2v) is 7.07. The number of nitrogens with one attached hydrogen (secondary N) is 1. The molecule has 3 aromatic rings. The highest BCUT2D eigenvalue weighted by Crippen LogP contribution is 2.35. The first kappa shape index (κ1) is 16.6. The minimum atomic E-state index is 0.666. The van der Waals surface area contributed by atoms with E-state index in [0.717, 1.165) is 30.2 Å². The van der Waals surface area contributed by atoms with Crippen LogP contribution in [0.15, 0.2) is 42.5 Å². The number of para-hydroxylation sites is 1. The molecule has 0 bridgehead atoms. The summed E-state index contributed by atoms with van der Waals surface area (Å²) in [6.45, 7) is 9.39. The maximum Gasteiger partial charge on any atom is 0.229 e. The van der Waals surface area contributed by atoms with Crippen molar-refractivity contribution in [2.75, 3.05) is 16.8 Å². The fourth-order valence-corrected chi connectivity index (χ4v) is 3.83. The molecular weight excluding hydrogens is 320 g/mol. The van der Waals surface area contributed by atoms with Crippen molar-refractivity contribution in [3.63, 3.8) is 0 Å². The predicted octanol–water partition coefficient (Wildman–Crippen LogP) is 5.15. The van der Waals surface area contributed by atoms with Crippen LogP contribution in [0.4, 0.5) is 23.1 Å². The Hall–Kier alpha value is -2.88. The zero-order valence-corrected chi connectivity index (χ0v) is 15.8. The van der Waals surface area contributed by atoms with E-state index in [1.165, 1.54) is 27.9 Å². The second kappa shape index (κ2) is 6.45. The monoisotopic (exact) mass is 344 g/mol. The molecule has 1 aliphatic heterocycles. The Labute approximate surface area is 154 Å². The summed E-state index contributed by atoms with van der Waals surface area (Å²) >= 11 is 0. The molecule has 2 heterocycles. The molecule has 0 unspecified atom stereocenters. The van der Waals surface area contributed by atoms with Crippen LogP contribution in [-0.4, -0.2) is 16.5 Å². The van der Waals surface area contributed by atoms with Gasteiger partial charge in [0.15, 0.2) is 0 Å². The number of rotatable bonds is 3. The van der Waals surface area contributed by atoms with Gasteiger partial charge >= 0.3 is 0 Å². The maximum absolute atomic E-state index is 4.88. The first-order chi connectivity index (χ1) is 12.5. The number of aryl methyl sites for hydroxylation is 4. The summed E-state index contributed by atoms with van der Waals surface area (Å²) in [4.78, 5) is 11.9. The summed E-state index contributed by atoms with van der Waals surface area (Å²) in [5.41, 5.74) is 8.27. The molecule has 0 saturated carbocycles. The van der Waals surface area contributed by atoms with E-state index in [4.69, 9.17) is 9.97 Å². The van der Waals surface area contributed by atoms with Crippen LogP contribution in [0.3, 0.4) is 0 Å². The molecule has 4 rings (SSSR count). The minimum Gasteiger partial charge on any atom is -0.326 e. The van der Waals surface area contributed by atoms with Gasteiger partial charge in [-0.05, 0) is 57.4 Å². The number of benzene rings is 2. The van der Waals surface area contributed by atoms with E-state index >= 15 is 0 Å². The van der Waals surface area contributed by atoms with Crippen molar-refractivity contribution in [1.82, 2.24) is 9.97 Å². The lowest BCUT2D eigenvalue weighted by Crippen LogP contribution is -2.15. The van der Waals surface area contributed by atoms with Gasteiger partial charge in [0, 0.05) is 29.2 Å². The van der Waals surface area contributed by atoms with Crippen molar-refractivity contribution in [3.05, 3.63) is 70.4 Å². The van der Waals surface area contributed by atoms with Crippen LogP contribution in [0.2, 0.25) is 0 Å². The average Bonchev–Trinajstić information content (AvgIpc) is 3.03. The highest BCUT2D eigenvalue weighted by Gasteiger charge is 2.25. The van der Waals surface area contributed by atoms with Crippen molar-refractivity contribution in [2.24, 2.45) is 0 Å². The van der Waals surface area contributed by atoms with Crippen LogP contribution in [0.1, 0.15) is 27.9 Å². The molecule has 0 spiro atoms. The highest BCUT2D eigenvalue weighted by atomic mass is 15.3. The summed E-state index contributed by atoms with van der Waals surface area (Å²) < 4.78 is 0. The Morgan fingerprint density at radius 1 is 0.923 bits per heavy atom. The van der Waals surface area contributed by atoms with Gasteiger partial charge in [0.05, 0.1) is 0 Å². The average molecular weight is 344 g/mol. The molecule has 0 atom stereocenters. The third-order valence-corrected chi connectivity index (χ3v) is 5.01. The Bertz CT molecular complexity index is 940. The summed E-state index contributed by atoms with van der Waals surface area (Å²) in [5.74, 6) is 1.69. The zero-order chi connectivity index (χ0) is 18.3. The number of aromatic nitrogens is 2. The van der Waals surface area contributed by atoms with E-state index in [2.05, 4.69) is 74.3 Å². The van der Waals surface area contributed by atoms with Gasteiger partial charge in [0.2, 0.25) is 5.95 Å². The van der Waals surface area contributed by atoms with Gasteiger partial charge in [-0.15, -0.1) is 0 Å². The fraction of sp³-hybridized carbons (Fsp3) is 0.273. The van der Waals surface area contributed by atoms with E-state index in [1.807, 2.05) is 6.07 Å². The lowest BCUT2D eigenvalue weighted by atomic mass is 10.1. The van der Waals surface area contributed by atoms with Gasteiger partial charge in [0.1, 0.15) is 5.82 Å². The molecule has 0 saturated heterocycles. The molecule has 4 nitrogen and oxygen atoms in total. The van der Waals surface area contributed by atoms with Crippen LogP contribution in [0, 0.1) is 27.7 Å². The van der Waals surface area contributed by atoms with Gasteiger partial charge in [-0.2, -0.15) is 4.98 Å². The first-order valence-electron chi connectivity index (χ1n) is 9.08. The lowest BCUT2D eigenvalue weighted by Gasteiger charge is -2.20. The van der Waals surface area contributed by atoms with Crippen molar-refractivity contribution < 1.29 is 0 Å². The fourth-order valence-electron chi connectivity index (χ4n) is 3.83. The van der Waals surface area contributed by atoms with Crippen LogP contribution in [0.5, 0.6) is 0 Å². The third kappa shape index (κ3) is 2.92. The molecule has 0 amide bonds. The number of hydrogen-bond donors (Lipinski definition) is 1. The molecule has 0 aliphatic carbocycles. The number of hydrogen-bond acceptors (Lipinski definition) is 4. The second-order valence-electron chi connectivity index (χ2n) is 7.07. The Morgan fingerprint density at radius 2 is 1.62 bits per heavy atom. The quantitative estimate of drug-likeness (QED) is 0.713. The van der Waals surface area contributed by atoms with Crippen molar-refractivity contribution in [2.45, 2.75) is 34.1 Å². The first-order valence-corrected chi connectivity index (χ1v) is 9.08. The highest BCUT2D eigenvalue weighted by molar-refractivity contribution is 5.70. The molecule has 1 N–H and O–H groups in total. The molecule has 0 fully saturated rings. The molecule has 1 aliphatic rings. The topological polar surface area (TPSA) is 41.1 Å². The lowest BCUT2D eigenvalue weighted by molar-refractivity contribution is 0.986. The number of nitrogens with zero attached hydrogens (tertiary/aromatic N) is 3. The molecule has 26 heavy (non-hydrogen) atoms. The Balaban J connectivity index is 1.73. The Morgan fingerprint density at radius 3 is 2.31 bits per heavy atom. The van der Waals surface area contributed by atoms with E-state index in [9.17, 15) is 0 Å². The molecule has 2 aromatic carbocycles. The van der Waals surface area contributed by atoms with Crippen molar-refractivity contribution >= 4 is 23.1 Å². The van der Waals surface area contributed by atoms with Gasteiger partial charge in [0.25, 0.3) is 0 Å². The van der Waals surface area contributed by atoms with Gasteiger partial charge in [-0.1, -0.05) is 35.9 Å². The van der Waals surface area contributed by atoms with Crippen LogP contribution < -0.4 is 10.2 Å². The number of fused-ring (bicyclic) bond motifs is 1. The zero-order valence-electron chi connectivity index (χ0n) is 15.8. The normalized spacial score (nSPS) is 13.0. The van der Waals surface area contributed by atoms with Gasteiger partial charge in [-0.3, -0.25) is 0 Å². The molecule has 4 heteroatoms. The molecular formula is C22H24N4. The van der Waals surface area contributed by atoms with Crippen molar-refractivity contribution in [1.29, 1.82) is 0 Å². The van der Waals surface area contributed by atoms with Crippen molar-refractivity contribution in [3.8, 4) is 0 Å². The predicted molar refractivity (Wildman–Crippen MR) is 108 cm³/mol. The summed E-state index contributed by atoms with van der Waals surface area (Å²) in [6, 6.07) is 14.8. The molecule has 0 radical (unpaired) electrons. The smallest absolute Gasteiger partial charge is 0.229 e. The van der Waals surface area contributed by atoms with Crippen LogP contribution >= 0.6 is 0 Å². The van der Waals surface area contributed by atoms with Gasteiger partial charge < -0.3 is 10.2 Å². The van der Waals surface area contributed by atoms with Crippen LogP contribution in [-0.2, 0) is 6.42 Å². The van der Waals surface area contributed by atoms with E-state index in [0.29, 0.717) is 5.95 Å². The SMILES string of the molecule is Cc1cc(C)c(Nc2nc(C)c3c(n2)N(c2ccccc2)CC3)c(C)c1. The standard InChI is InChI=1S/C22H24N4/c1-14-12-15(2)20(16(3)13-14)24-22-23-17(4)19-10-11-26(21(19)25-22)18-8-6-5-7-9-18/h5-9,12-13H,10-11H2,1-4H3,(H,23,24,25). The summed E-state index contributed by atoms with van der Waals surface area (Å²) in [6.07, 6.45) is 0.985. The van der Waals surface area contributed by atoms with Gasteiger partial charge in [-0.25, -0.2) is 4.98 Å².